The molecule has 1 atom stereocenters. The van der Waals surface area contributed by atoms with Crippen LogP contribution in [0.25, 0.3) is 6.08 Å². The van der Waals surface area contributed by atoms with E-state index in [1.807, 2.05) is 0 Å². The molecule has 2 rings (SSSR count). The van der Waals surface area contributed by atoms with Crippen LogP contribution in [0.3, 0.4) is 0 Å². The maximum absolute atomic E-state index is 12.6. The molecule has 0 radical (unpaired) electrons. The molecule has 6 nitrogen and oxygen atoms in total. The van der Waals surface area contributed by atoms with Crippen LogP contribution in [-0.4, -0.2) is 38.4 Å². The Bertz CT molecular complexity index is 703. The number of hydrogen-bond donors (Lipinski definition) is 0. The predicted octanol–water partition coefficient (Wildman–Crippen LogP) is 1.69. The Morgan fingerprint density at radius 1 is 1.13 bits per heavy atom. The highest BCUT2D eigenvalue weighted by atomic mass is 16.5. The highest BCUT2D eigenvalue weighted by Gasteiger charge is 2.56. The molecule has 1 aliphatic carbocycles. The SMILES string of the molecule is CCOC(=O)C1(C(C)=O)C(=O)C=Cc2cc(OC)cc(OC)c21. The zero-order valence-electron chi connectivity index (χ0n) is 13.5. The first-order valence-corrected chi connectivity index (χ1v) is 7.10. The average Bonchev–Trinajstić information content (AvgIpc) is 2.53. The first-order valence-electron chi connectivity index (χ1n) is 7.10. The van der Waals surface area contributed by atoms with Crippen LogP contribution >= 0.6 is 0 Å². The van der Waals surface area contributed by atoms with Crippen LogP contribution in [-0.2, 0) is 24.5 Å². The van der Waals surface area contributed by atoms with Gasteiger partial charge in [-0.3, -0.25) is 14.4 Å². The summed E-state index contributed by atoms with van der Waals surface area (Å²) in [7, 11) is 2.89. The monoisotopic (exact) mass is 318 g/mol. The largest absolute Gasteiger partial charge is 0.497 e. The molecule has 1 aromatic carbocycles. The van der Waals surface area contributed by atoms with Gasteiger partial charge in [0.1, 0.15) is 11.5 Å². The minimum absolute atomic E-state index is 0.0542. The Kier molecular flexibility index (Phi) is 4.54. The fraction of sp³-hybridized carbons (Fsp3) is 0.353. The second kappa shape index (κ2) is 6.24. The number of esters is 1. The highest BCUT2D eigenvalue weighted by Crippen LogP contribution is 2.43. The molecular weight excluding hydrogens is 300 g/mol. The van der Waals surface area contributed by atoms with Gasteiger partial charge in [0.25, 0.3) is 0 Å². The van der Waals surface area contributed by atoms with Crippen molar-refractivity contribution >= 4 is 23.6 Å². The molecule has 0 aliphatic heterocycles. The van der Waals surface area contributed by atoms with E-state index < -0.39 is 23.0 Å². The van der Waals surface area contributed by atoms with Crippen LogP contribution < -0.4 is 9.47 Å². The summed E-state index contributed by atoms with van der Waals surface area (Å²) in [6.07, 6.45) is 2.74. The number of ether oxygens (including phenoxy) is 3. The molecule has 0 heterocycles. The minimum atomic E-state index is -2.04. The molecule has 23 heavy (non-hydrogen) atoms. The highest BCUT2D eigenvalue weighted by molar-refractivity contribution is 6.32. The van der Waals surface area contributed by atoms with Crippen LogP contribution in [0.4, 0.5) is 0 Å². The molecule has 1 aromatic rings. The van der Waals surface area contributed by atoms with Crippen molar-refractivity contribution in [3.8, 4) is 11.5 Å². The first-order chi connectivity index (χ1) is 10.9. The second-order valence-electron chi connectivity index (χ2n) is 5.02. The molecule has 1 aliphatic rings. The standard InChI is InChI=1S/C17H18O6/c1-5-23-16(20)17(10(2)18)14(19)7-6-11-8-12(21-3)9-13(22-4)15(11)17/h6-9H,5H2,1-4H3. The summed E-state index contributed by atoms with van der Waals surface area (Å²) in [5, 5.41) is 0. The Morgan fingerprint density at radius 2 is 1.83 bits per heavy atom. The van der Waals surface area contributed by atoms with Gasteiger partial charge in [-0.15, -0.1) is 0 Å². The Hall–Kier alpha value is -2.63. The van der Waals surface area contributed by atoms with E-state index in [2.05, 4.69) is 0 Å². The molecule has 0 fully saturated rings. The van der Waals surface area contributed by atoms with Gasteiger partial charge >= 0.3 is 5.97 Å². The molecule has 0 saturated carbocycles. The average molecular weight is 318 g/mol. The molecule has 6 heteroatoms. The smallest absolute Gasteiger partial charge is 0.332 e. The topological polar surface area (TPSA) is 78.9 Å². The van der Waals surface area contributed by atoms with Crippen molar-refractivity contribution in [3.63, 3.8) is 0 Å². The van der Waals surface area contributed by atoms with E-state index in [-0.39, 0.29) is 17.9 Å². The number of allylic oxidation sites excluding steroid dienone is 1. The lowest BCUT2D eigenvalue weighted by molar-refractivity contribution is -0.156. The van der Waals surface area contributed by atoms with Crippen molar-refractivity contribution in [2.75, 3.05) is 20.8 Å². The fourth-order valence-corrected chi connectivity index (χ4v) is 2.77. The lowest BCUT2D eigenvalue weighted by Gasteiger charge is -2.32. The van der Waals surface area contributed by atoms with E-state index in [1.54, 1.807) is 13.0 Å². The van der Waals surface area contributed by atoms with E-state index in [1.165, 1.54) is 39.4 Å². The van der Waals surface area contributed by atoms with Crippen LogP contribution in [0.15, 0.2) is 18.2 Å². The minimum Gasteiger partial charge on any atom is -0.497 e. The maximum Gasteiger partial charge on any atom is 0.332 e. The summed E-state index contributed by atoms with van der Waals surface area (Å²) >= 11 is 0. The molecule has 0 saturated heterocycles. The van der Waals surface area contributed by atoms with Gasteiger partial charge < -0.3 is 14.2 Å². The van der Waals surface area contributed by atoms with Crippen molar-refractivity contribution in [1.29, 1.82) is 0 Å². The van der Waals surface area contributed by atoms with E-state index >= 15 is 0 Å². The van der Waals surface area contributed by atoms with Crippen LogP contribution in [0.1, 0.15) is 25.0 Å². The molecule has 1 unspecified atom stereocenters. The van der Waals surface area contributed by atoms with E-state index in [9.17, 15) is 14.4 Å². The molecule has 0 bridgehead atoms. The number of hydrogen-bond acceptors (Lipinski definition) is 6. The van der Waals surface area contributed by atoms with Crippen molar-refractivity contribution < 1.29 is 28.6 Å². The number of rotatable bonds is 5. The summed E-state index contributed by atoms with van der Waals surface area (Å²) in [6.45, 7) is 2.86. The lowest BCUT2D eigenvalue weighted by Crippen LogP contribution is -2.51. The molecule has 0 aromatic heterocycles. The molecular formula is C17H18O6. The molecule has 122 valence electrons. The number of carbonyl (C=O) groups excluding carboxylic acids is 3. The summed E-state index contributed by atoms with van der Waals surface area (Å²) in [4.78, 5) is 37.5. The summed E-state index contributed by atoms with van der Waals surface area (Å²) < 4.78 is 15.5. The maximum atomic E-state index is 12.6. The fourth-order valence-electron chi connectivity index (χ4n) is 2.77. The molecule has 0 N–H and O–H groups in total. The number of ketones is 2. The number of carbonyl (C=O) groups is 3. The van der Waals surface area contributed by atoms with Gasteiger partial charge in [-0.25, -0.2) is 0 Å². The van der Waals surface area contributed by atoms with Gasteiger partial charge in [-0.2, -0.15) is 0 Å². The Morgan fingerprint density at radius 3 is 2.35 bits per heavy atom. The van der Waals surface area contributed by atoms with Gasteiger partial charge in [0.2, 0.25) is 5.41 Å². The van der Waals surface area contributed by atoms with E-state index in [0.29, 0.717) is 11.3 Å². The quantitative estimate of drug-likeness (QED) is 0.607. The van der Waals surface area contributed by atoms with Crippen molar-refractivity contribution in [2.45, 2.75) is 19.3 Å². The molecule has 0 amide bonds. The Labute approximate surface area is 134 Å². The van der Waals surface area contributed by atoms with Gasteiger partial charge in [-0.1, -0.05) is 6.08 Å². The van der Waals surface area contributed by atoms with E-state index in [4.69, 9.17) is 14.2 Å². The van der Waals surface area contributed by atoms with Crippen molar-refractivity contribution in [1.82, 2.24) is 0 Å². The van der Waals surface area contributed by atoms with Crippen LogP contribution in [0, 0.1) is 0 Å². The second-order valence-corrected chi connectivity index (χ2v) is 5.02. The molecule has 0 spiro atoms. The van der Waals surface area contributed by atoms with Gasteiger partial charge in [0, 0.05) is 11.6 Å². The van der Waals surface area contributed by atoms with E-state index in [0.717, 1.165) is 0 Å². The summed E-state index contributed by atoms with van der Waals surface area (Å²) in [6, 6.07) is 3.17. The summed E-state index contributed by atoms with van der Waals surface area (Å²) in [5.41, 5.74) is -1.35. The number of Topliss-reactive ketones (excluding diaryl/α,β-unsaturated/α-hetero) is 1. The number of methoxy groups -OCH3 is 2. The van der Waals surface area contributed by atoms with Gasteiger partial charge in [0.15, 0.2) is 11.6 Å². The van der Waals surface area contributed by atoms with Crippen molar-refractivity contribution in [3.05, 3.63) is 29.3 Å². The third-order valence-electron chi connectivity index (χ3n) is 3.83. The third kappa shape index (κ3) is 2.40. The first kappa shape index (κ1) is 16.7. The van der Waals surface area contributed by atoms with Gasteiger partial charge in [0.05, 0.1) is 20.8 Å². The van der Waals surface area contributed by atoms with Gasteiger partial charge in [-0.05, 0) is 31.6 Å². The van der Waals surface area contributed by atoms with Crippen LogP contribution in [0.5, 0.6) is 11.5 Å². The zero-order chi connectivity index (χ0) is 17.2. The lowest BCUT2D eigenvalue weighted by atomic mass is 9.68. The van der Waals surface area contributed by atoms with Crippen molar-refractivity contribution in [2.24, 2.45) is 0 Å². The summed E-state index contributed by atoms with van der Waals surface area (Å²) in [5.74, 6) is -1.44. The Balaban J connectivity index is 2.86. The normalized spacial score (nSPS) is 19.0. The number of fused-ring (bicyclic) bond motifs is 1. The predicted molar refractivity (Wildman–Crippen MR) is 82.6 cm³/mol. The van der Waals surface area contributed by atoms with Crippen LogP contribution in [0.2, 0.25) is 0 Å². The zero-order valence-corrected chi connectivity index (χ0v) is 13.5. The third-order valence-corrected chi connectivity index (χ3v) is 3.83. The number of benzene rings is 1.